The van der Waals surface area contributed by atoms with Gasteiger partial charge in [-0.1, -0.05) is 28.1 Å². The van der Waals surface area contributed by atoms with Crippen LogP contribution in [-0.4, -0.2) is 39.3 Å². The maximum Gasteiger partial charge on any atom is 0.244 e. The minimum atomic E-state index is -1.03. The second kappa shape index (κ2) is 8.36. The van der Waals surface area contributed by atoms with Crippen LogP contribution < -0.4 is 16.4 Å². The summed E-state index contributed by atoms with van der Waals surface area (Å²) in [5.41, 5.74) is 5.87. The summed E-state index contributed by atoms with van der Waals surface area (Å²) in [6.07, 6.45) is 0. The molecule has 0 saturated carbocycles. The first-order valence-electron chi connectivity index (χ1n) is 6.51. The topological polar surface area (TPSA) is 76.4 Å². The van der Waals surface area contributed by atoms with Crippen molar-refractivity contribution >= 4 is 21.8 Å². The lowest BCUT2D eigenvalue weighted by atomic mass is 9.92. The minimum Gasteiger partial charge on any atom is -0.383 e. The van der Waals surface area contributed by atoms with E-state index in [1.54, 1.807) is 14.0 Å². The van der Waals surface area contributed by atoms with Crippen LogP contribution in [0.3, 0.4) is 0 Å². The van der Waals surface area contributed by atoms with Crippen molar-refractivity contribution in [1.29, 1.82) is 0 Å². The first-order chi connectivity index (χ1) is 9.48. The Labute approximate surface area is 128 Å². The number of carbonyl (C=O) groups is 1. The van der Waals surface area contributed by atoms with E-state index in [-0.39, 0.29) is 5.91 Å². The van der Waals surface area contributed by atoms with Crippen molar-refractivity contribution in [2.24, 2.45) is 5.73 Å². The number of halogens is 1. The van der Waals surface area contributed by atoms with Gasteiger partial charge in [0.05, 0.1) is 6.61 Å². The third kappa shape index (κ3) is 5.20. The third-order valence-corrected chi connectivity index (χ3v) is 3.51. The zero-order valence-electron chi connectivity index (χ0n) is 11.9. The van der Waals surface area contributed by atoms with Gasteiger partial charge in [-0.25, -0.2) is 0 Å². The van der Waals surface area contributed by atoms with E-state index >= 15 is 0 Å². The Morgan fingerprint density at radius 2 is 1.95 bits per heavy atom. The van der Waals surface area contributed by atoms with Crippen LogP contribution in [0.5, 0.6) is 0 Å². The molecule has 5 nitrogen and oxygen atoms in total. The predicted octanol–water partition coefficient (Wildman–Crippen LogP) is 0.975. The Hall–Kier alpha value is -0.950. The normalized spacial score (nSPS) is 13.8. The van der Waals surface area contributed by atoms with E-state index in [0.29, 0.717) is 19.7 Å². The molecule has 0 bridgehead atoms. The number of hydrogen-bond acceptors (Lipinski definition) is 4. The second-order valence-electron chi connectivity index (χ2n) is 4.71. The van der Waals surface area contributed by atoms with Gasteiger partial charge in [0.25, 0.3) is 0 Å². The molecule has 1 amide bonds. The van der Waals surface area contributed by atoms with Gasteiger partial charge < -0.3 is 21.1 Å². The third-order valence-electron chi connectivity index (χ3n) is 2.99. The van der Waals surface area contributed by atoms with Gasteiger partial charge in [-0.05, 0) is 24.6 Å². The maximum absolute atomic E-state index is 12.1. The molecule has 1 unspecified atom stereocenters. The molecule has 0 saturated heterocycles. The van der Waals surface area contributed by atoms with E-state index in [1.807, 2.05) is 24.3 Å². The van der Waals surface area contributed by atoms with Gasteiger partial charge in [-0.2, -0.15) is 0 Å². The van der Waals surface area contributed by atoms with Crippen molar-refractivity contribution in [3.05, 3.63) is 34.3 Å². The number of ether oxygens (including phenoxy) is 1. The van der Waals surface area contributed by atoms with Crippen molar-refractivity contribution < 1.29 is 9.53 Å². The summed E-state index contributed by atoms with van der Waals surface area (Å²) < 4.78 is 5.88. The van der Waals surface area contributed by atoms with E-state index in [4.69, 9.17) is 10.5 Å². The molecule has 0 heterocycles. The van der Waals surface area contributed by atoms with Gasteiger partial charge in [0.15, 0.2) is 0 Å². The molecule has 0 spiro atoms. The van der Waals surface area contributed by atoms with Crippen molar-refractivity contribution in [3.8, 4) is 0 Å². The Morgan fingerprint density at radius 3 is 2.55 bits per heavy atom. The Bertz CT molecular complexity index is 421. The van der Waals surface area contributed by atoms with Gasteiger partial charge in [0, 0.05) is 31.2 Å². The maximum atomic E-state index is 12.1. The lowest BCUT2D eigenvalue weighted by molar-refractivity contribution is -0.126. The van der Waals surface area contributed by atoms with Gasteiger partial charge in [0.2, 0.25) is 5.91 Å². The quantitative estimate of drug-likeness (QED) is 0.615. The summed E-state index contributed by atoms with van der Waals surface area (Å²) in [6.45, 7) is 4.35. The molecule has 0 aliphatic heterocycles. The molecule has 112 valence electrons. The largest absolute Gasteiger partial charge is 0.383 e. The highest BCUT2D eigenvalue weighted by molar-refractivity contribution is 9.10. The van der Waals surface area contributed by atoms with Crippen LogP contribution in [0.25, 0.3) is 0 Å². The number of benzene rings is 1. The zero-order chi connectivity index (χ0) is 15.0. The van der Waals surface area contributed by atoms with E-state index in [2.05, 4.69) is 26.6 Å². The number of carbonyl (C=O) groups excluding carboxylic acids is 1. The van der Waals surface area contributed by atoms with Gasteiger partial charge >= 0.3 is 0 Å². The standard InChI is InChI=1S/C14H22BrN3O2/c1-14(16,11-3-5-12(15)6-4-11)13(19)18-8-7-17-9-10-20-2/h3-6,17H,7-10,16H2,1-2H3,(H,18,19). The molecule has 6 heteroatoms. The summed E-state index contributed by atoms with van der Waals surface area (Å²) >= 11 is 3.36. The molecule has 1 aromatic carbocycles. The van der Waals surface area contributed by atoms with E-state index in [1.165, 1.54) is 0 Å². The first-order valence-corrected chi connectivity index (χ1v) is 7.30. The van der Waals surface area contributed by atoms with Crippen LogP contribution >= 0.6 is 15.9 Å². The van der Waals surface area contributed by atoms with E-state index < -0.39 is 5.54 Å². The van der Waals surface area contributed by atoms with Gasteiger partial charge in [-0.3, -0.25) is 4.79 Å². The molecule has 0 aliphatic carbocycles. The van der Waals surface area contributed by atoms with Gasteiger partial charge in [0.1, 0.15) is 5.54 Å². The lowest BCUT2D eigenvalue weighted by Crippen LogP contribution is -2.50. The summed E-state index contributed by atoms with van der Waals surface area (Å²) in [6, 6.07) is 7.45. The smallest absolute Gasteiger partial charge is 0.244 e. The average Bonchev–Trinajstić information content (AvgIpc) is 2.43. The van der Waals surface area contributed by atoms with Crippen molar-refractivity contribution in [2.75, 3.05) is 33.4 Å². The molecule has 20 heavy (non-hydrogen) atoms. The molecular weight excluding hydrogens is 322 g/mol. The predicted molar refractivity (Wildman–Crippen MR) is 83.4 cm³/mol. The summed E-state index contributed by atoms with van der Waals surface area (Å²) in [4.78, 5) is 12.1. The SMILES string of the molecule is COCCNCCNC(=O)C(C)(N)c1ccc(Br)cc1. The van der Waals surface area contributed by atoms with Crippen LogP contribution in [-0.2, 0) is 15.1 Å². The summed E-state index contributed by atoms with van der Waals surface area (Å²) in [7, 11) is 1.65. The fraction of sp³-hybridized carbons (Fsp3) is 0.500. The average molecular weight is 344 g/mol. The molecule has 0 aromatic heterocycles. The summed E-state index contributed by atoms with van der Waals surface area (Å²) in [5.74, 6) is -0.187. The van der Waals surface area contributed by atoms with E-state index in [0.717, 1.165) is 16.6 Å². The highest BCUT2D eigenvalue weighted by Crippen LogP contribution is 2.20. The lowest BCUT2D eigenvalue weighted by Gasteiger charge is -2.24. The molecule has 1 aromatic rings. The fourth-order valence-corrected chi connectivity index (χ4v) is 1.94. The van der Waals surface area contributed by atoms with Crippen molar-refractivity contribution in [3.63, 3.8) is 0 Å². The fourth-order valence-electron chi connectivity index (χ4n) is 1.67. The minimum absolute atomic E-state index is 0.187. The Morgan fingerprint density at radius 1 is 1.30 bits per heavy atom. The molecule has 0 fully saturated rings. The number of nitrogens with two attached hydrogens (primary N) is 1. The molecular formula is C14H22BrN3O2. The number of amides is 1. The highest BCUT2D eigenvalue weighted by Gasteiger charge is 2.29. The molecule has 1 rings (SSSR count). The monoisotopic (exact) mass is 343 g/mol. The highest BCUT2D eigenvalue weighted by atomic mass is 79.9. The second-order valence-corrected chi connectivity index (χ2v) is 5.62. The molecule has 0 radical (unpaired) electrons. The number of nitrogens with one attached hydrogen (secondary N) is 2. The van der Waals surface area contributed by atoms with Crippen LogP contribution in [0.1, 0.15) is 12.5 Å². The van der Waals surface area contributed by atoms with Crippen LogP contribution in [0, 0.1) is 0 Å². The van der Waals surface area contributed by atoms with Crippen LogP contribution in [0.15, 0.2) is 28.7 Å². The zero-order valence-corrected chi connectivity index (χ0v) is 13.5. The Balaban J connectivity index is 2.43. The van der Waals surface area contributed by atoms with Crippen LogP contribution in [0.4, 0.5) is 0 Å². The van der Waals surface area contributed by atoms with Crippen molar-refractivity contribution in [2.45, 2.75) is 12.5 Å². The van der Waals surface area contributed by atoms with Crippen molar-refractivity contribution in [1.82, 2.24) is 10.6 Å². The number of rotatable bonds is 8. The molecule has 1 atom stereocenters. The number of methoxy groups -OCH3 is 1. The first kappa shape index (κ1) is 17.1. The van der Waals surface area contributed by atoms with Crippen LogP contribution in [0.2, 0.25) is 0 Å². The molecule has 0 aliphatic rings. The Kier molecular flexibility index (Phi) is 7.15. The number of hydrogen-bond donors (Lipinski definition) is 3. The molecule has 4 N–H and O–H groups in total. The van der Waals surface area contributed by atoms with E-state index in [9.17, 15) is 4.79 Å². The van der Waals surface area contributed by atoms with Gasteiger partial charge in [-0.15, -0.1) is 0 Å². The summed E-state index contributed by atoms with van der Waals surface area (Å²) in [5, 5.41) is 5.99.